The Labute approximate surface area is 154 Å². The maximum absolute atomic E-state index is 13.8. The fraction of sp³-hybridized carbons (Fsp3) is 0.100. The minimum Gasteiger partial charge on any atom is -0.451 e. The Morgan fingerprint density at radius 2 is 1.85 bits per heavy atom. The van der Waals surface area contributed by atoms with Gasteiger partial charge in [-0.25, -0.2) is 9.18 Å². The number of furan rings is 1. The van der Waals surface area contributed by atoms with Crippen molar-refractivity contribution in [1.29, 1.82) is 0 Å². The van der Waals surface area contributed by atoms with Gasteiger partial charge in [0, 0.05) is 24.5 Å². The van der Waals surface area contributed by atoms with Gasteiger partial charge < -0.3 is 15.1 Å². The summed E-state index contributed by atoms with van der Waals surface area (Å²) in [4.78, 5) is 25.7. The third-order valence-corrected chi connectivity index (χ3v) is 4.26. The second kappa shape index (κ2) is 6.95. The maximum atomic E-state index is 13.8. The molecule has 0 atom stereocenters. The first-order chi connectivity index (χ1) is 13.1. The Morgan fingerprint density at radius 3 is 2.56 bits per heavy atom. The molecule has 1 aliphatic heterocycles. The molecule has 3 aromatic rings. The smallest absolute Gasteiger partial charge is 0.321 e. The minimum absolute atomic E-state index is 0.0799. The van der Waals surface area contributed by atoms with E-state index in [2.05, 4.69) is 10.6 Å². The number of carbonyl (C=O) groups excluding carboxylic acids is 2. The van der Waals surface area contributed by atoms with Gasteiger partial charge in [-0.15, -0.1) is 0 Å². The van der Waals surface area contributed by atoms with Crippen molar-refractivity contribution in [3.63, 3.8) is 0 Å². The van der Waals surface area contributed by atoms with Crippen molar-refractivity contribution >= 4 is 23.3 Å². The van der Waals surface area contributed by atoms with Gasteiger partial charge >= 0.3 is 6.03 Å². The van der Waals surface area contributed by atoms with E-state index in [1.807, 2.05) is 0 Å². The van der Waals surface area contributed by atoms with Gasteiger partial charge in [0.2, 0.25) is 0 Å². The number of urea groups is 1. The Morgan fingerprint density at radius 1 is 1.07 bits per heavy atom. The normalized spacial score (nSPS) is 13.5. The van der Waals surface area contributed by atoms with E-state index < -0.39 is 11.7 Å². The summed E-state index contributed by atoms with van der Waals surface area (Å²) >= 11 is 0. The van der Waals surface area contributed by atoms with Crippen LogP contribution < -0.4 is 15.5 Å². The van der Waals surface area contributed by atoms with E-state index >= 15 is 0 Å². The van der Waals surface area contributed by atoms with Crippen LogP contribution in [-0.4, -0.2) is 25.0 Å². The maximum Gasteiger partial charge on any atom is 0.321 e. The van der Waals surface area contributed by atoms with Gasteiger partial charge in [-0.2, -0.15) is 0 Å². The van der Waals surface area contributed by atoms with E-state index in [9.17, 15) is 14.0 Å². The fourth-order valence-corrected chi connectivity index (χ4v) is 2.90. The Kier molecular flexibility index (Phi) is 4.33. The molecule has 3 amide bonds. The molecule has 0 spiro atoms. The van der Waals surface area contributed by atoms with Gasteiger partial charge in [0.15, 0.2) is 5.76 Å². The first-order valence-electron chi connectivity index (χ1n) is 8.43. The monoisotopic (exact) mass is 365 g/mol. The fourth-order valence-electron chi connectivity index (χ4n) is 2.90. The number of hydrogen-bond donors (Lipinski definition) is 2. The summed E-state index contributed by atoms with van der Waals surface area (Å²) in [7, 11) is 0. The number of rotatable bonds is 4. The van der Waals surface area contributed by atoms with Crippen LogP contribution in [0.25, 0.3) is 11.3 Å². The molecule has 1 aliphatic rings. The zero-order valence-corrected chi connectivity index (χ0v) is 14.2. The summed E-state index contributed by atoms with van der Waals surface area (Å²) in [5.74, 6) is -0.491. The van der Waals surface area contributed by atoms with E-state index in [-0.39, 0.29) is 17.6 Å². The van der Waals surface area contributed by atoms with Crippen molar-refractivity contribution in [2.24, 2.45) is 0 Å². The summed E-state index contributed by atoms with van der Waals surface area (Å²) < 4.78 is 19.3. The summed E-state index contributed by atoms with van der Waals surface area (Å²) in [5.41, 5.74) is 1.61. The lowest BCUT2D eigenvalue weighted by molar-refractivity contribution is 0.0997. The van der Waals surface area contributed by atoms with Crippen molar-refractivity contribution in [1.82, 2.24) is 5.32 Å². The van der Waals surface area contributed by atoms with Crippen LogP contribution in [-0.2, 0) is 0 Å². The molecule has 7 heteroatoms. The first-order valence-corrected chi connectivity index (χ1v) is 8.43. The molecule has 2 heterocycles. The predicted molar refractivity (Wildman–Crippen MR) is 99.2 cm³/mol. The predicted octanol–water partition coefficient (Wildman–Crippen LogP) is 3.87. The van der Waals surface area contributed by atoms with E-state index in [1.54, 1.807) is 53.4 Å². The second-order valence-corrected chi connectivity index (χ2v) is 6.03. The summed E-state index contributed by atoms with van der Waals surface area (Å²) in [5, 5.41) is 5.46. The van der Waals surface area contributed by atoms with E-state index in [0.29, 0.717) is 24.3 Å². The molecule has 6 nitrogen and oxygen atoms in total. The van der Waals surface area contributed by atoms with Crippen LogP contribution in [0.2, 0.25) is 0 Å². The van der Waals surface area contributed by atoms with Gasteiger partial charge in [-0.3, -0.25) is 9.69 Å². The molecular weight excluding hydrogens is 349 g/mol. The highest BCUT2D eigenvalue weighted by molar-refractivity contribution is 6.03. The van der Waals surface area contributed by atoms with E-state index in [1.165, 1.54) is 12.1 Å². The number of halogens is 1. The summed E-state index contributed by atoms with van der Waals surface area (Å²) in [6.45, 7) is 1.22. The molecular formula is C20H16FN3O3. The van der Waals surface area contributed by atoms with Crippen molar-refractivity contribution in [3.8, 4) is 11.3 Å². The quantitative estimate of drug-likeness (QED) is 0.737. The van der Waals surface area contributed by atoms with Crippen LogP contribution in [0.4, 0.5) is 20.6 Å². The number of anilines is 2. The molecule has 0 bridgehead atoms. The van der Waals surface area contributed by atoms with Gasteiger partial charge in [-0.05, 0) is 48.5 Å². The van der Waals surface area contributed by atoms with Gasteiger partial charge in [-0.1, -0.05) is 12.1 Å². The molecule has 2 N–H and O–H groups in total. The SMILES string of the molecule is O=C(Nc1ccc(N2CCNC2=O)cc1)c1ccc(-c2ccccc2F)o1. The van der Waals surface area contributed by atoms with E-state index in [0.717, 1.165) is 5.69 Å². The molecule has 136 valence electrons. The van der Waals surface area contributed by atoms with Gasteiger partial charge in [0.1, 0.15) is 11.6 Å². The van der Waals surface area contributed by atoms with Crippen LogP contribution in [0.3, 0.4) is 0 Å². The van der Waals surface area contributed by atoms with Gasteiger partial charge in [0.05, 0.1) is 5.56 Å². The molecule has 0 radical (unpaired) electrons. The lowest BCUT2D eigenvalue weighted by atomic mass is 10.1. The largest absolute Gasteiger partial charge is 0.451 e. The van der Waals surface area contributed by atoms with Crippen molar-refractivity contribution < 1.29 is 18.4 Å². The highest BCUT2D eigenvalue weighted by Crippen LogP contribution is 2.25. The highest BCUT2D eigenvalue weighted by Gasteiger charge is 2.21. The minimum atomic E-state index is -0.441. The standard InChI is InChI=1S/C20H16FN3O3/c21-16-4-2-1-3-15(16)17-9-10-18(27-17)19(25)23-13-5-7-14(8-6-13)24-12-11-22-20(24)26/h1-10H,11-12H2,(H,22,26)(H,23,25). The van der Waals surface area contributed by atoms with Crippen LogP contribution in [0.15, 0.2) is 65.1 Å². The second-order valence-electron chi connectivity index (χ2n) is 6.03. The zero-order chi connectivity index (χ0) is 18.8. The molecule has 2 aromatic carbocycles. The third-order valence-electron chi connectivity index (χ3n) is 4.26. The Balaban J connectivity index is 1.47. The van der Waals surface area contributed by atoms with Crippen LogP contribution in [0.5, 0.6) is 0 Å². The third kappa shape index (κ3) is 3.39. The molecule has 1 saturated heterocycles. The number of hydrogen-bond acceptors (Lipinski definition) is 3. The highest BCUT2D eigenvalue weighted by atomic mass is 19.1. The van der Waals surface area contributed by atoms with Crippen molar-refractivity contribution in [3.05, 3.63) is 72.2 Å². The van der Waals surface area contributed by atoms with Crippen molar-refractivity contribution in [2.45, 2.75) is 0 Å². The topological polar surface area (TPSA) is 74.6 Å². The number of nitrogens with zero attached hydrogens (tertiary/aromatic N) is 1. The molecule has 0 aliphatic carbocycles. The number of benzene rings is 2. The summed E-state index contributed by atoms with van der Waals surface area (Å²) in [6.07, 6.45) is 0. The summed E-state index contributed by atoms with van der Waals surface area (Å²) in [6, 6.07) is 16.1. The van der Waals surface area contributed by atoms with Crippen molar-refractivity contribution in [2.75, 3.05) is 23.3 Å². The lowest BCUT2D eigenvalue weighted by Crippen LogP contribution is -2.27. The van der Waals surface area contributed by atoms with E-state index in [4.69, 9.17) is 4.42 Å². The molecule has 0 saturated carbocycles. The number of nitrogens with one attached hydrogen (secondary N) is 2. The Bertz CT molecular complexity index is 998. The average Bonchev–Trinajstić information content (AvgIpc) is 3.32. The van der Waals surface area contributed by atoms with Gasteiger partial charge in [0.25, 0.3) is 5.91 Å². The van der Waals surface area contributed by atoms with Crippen LogP contribution >= 0.6 is 0 Å². The zero-order valence-electron chi connectivity index (χ0n) is 14.2. The number of amides is 3. The molecule has 1 aromatic heterocycles. The average molecular weight is 365 g/mol. The first kappa shape index (κ1) is 16.8. The molecule has 1 fully saturated rings. The molecule has 27 heavy (non-hydrogen) atoms. The lowest BCUT2D eigenvalue weighted by Gasteiger charge is -2.14. The molecule has 4 rings (SSSR count). The van der Waals surface area contributed by atoms with Crippen LogP contribution in [0, 0.1) is 5.82 Å². The van der Waals surface area contributed by atoms with Crippen LogP contribution in [0.1, 0.15) is 10.6 Å². The molecule has 0 unspecified atom stereocenters. The number of carbonyl (C=O) groups is 2. The Hall–Kier alpha value is -3.61.